The third-order valence-electron chi connectivity index (χ3n) is 3.83. The SMILES string of the molecule is CNC1CCCC(N(C)Cc2cccnc2)C1. The minimum absolute atomic E-state index is 0.699. The molecule has 3 nitrogen and oxygen atoms in total. The molecule has 94 valence electrons. The summed E-state index contributed by atoms with van der Waals surface area (Å²) in [4.78, 5) is 6.65. The van der Waals surface area contributed by atoms with Gasteiger partial charge in [0, 0.05) is 31.0 Å². The summed E-state index contributed by atoms with van der Waals surface area (Å²) >= 11 is 0. The van der Waals surface area contributed by atoms with Crippen LogP contribution in [0.25, 0.3) is 0 Å². The standard InChI is InChI=1S/C14H23N3/c1-15-13-6-3-7-14(9-13)17(2)11-12-5-4-8-16-10-12/h4-5,8,10,13-15H,3,6-7,9,11H2,1-2H3. The van der Waals surface area contributed by atoms with Crippen LogP contribution >= 0.6 is 0 Å². The monoisotopic (exact) mass is 233 g/mol. The Labute approximate surface area is 104 Å². The maximum absolute atomic E-state index is 4.17. The number of pyridine rings is 1. The van der Waals surface area contributed by atoms with Crippen molar-refractivity contribution >= 4 is 0 Å². The molecule has 1 heterocycles. The van der Waals surface area contributed by atoms with Gasteiger partial charge in [0.15, 0.2) is 0 Å². The van der Waals surface area contributed by atoms with Crippen molar-refractivity contribution in [2.45, 2.75) is 44.3 Å². The van der Waals surface area contributed by atoms with Gasteiger partial charge in [-0.2, -0.15) is 0 Å². The first-order chi connectivity index (χ1) is 8.29. The van der Waals surface area contributed by atoms with E-state index in [2.05, 4.69) is 35.4 Å². The van der Waals surface area contributed by atoms with Crippen LogP contribution in [-0.2, 0) is 6.54 Å². The molecule has 0 saturated heterocycles. The zero-order valence-corrected chi connectivity index (χ0v) is 10.9. The average molecular weight is 233 g/mol. The molecule has 1 saturated carbocycles. The van der Waals surface area contributed by atoms with Crippen molar-refractivity contribution in [1.82, 2.24) is 15.2 Å². The molecule has 1 aliphatic carbocycles. The van der Waals surface area contributed by atoms with E-state index in [9.17, 15) is 0 Å². The van der Waals surface area contributed by atoms with Crippen molar-refractivity contribution in [3.05, 3.63) is 30.1 Å². The fourth-order valence-corrected chi connectivity index (χ4v) is 2.74. The molecule has 1 aliphatic rings. The predicted molar refractivity (Wildman–Crippen MR) is 70.8 cm³/mol. The molecular formula is C14H23N3. The van der Waals surface area contributed by atoms with Gasteiger partial charge in [0.1, 0.15) is 0 Å². The van der Waals surface area contributed by atoms with E-state index in [1.54, 1.807) is 0 Å². The summed E-state index contributed by atoms with van der Waals surface area (Å²) in [5.74, 6) is 0. The number of nitrogens with one attached hydrogen (secondary N) is 1. The average Bonchev–Trinajstić information content (AvgIpc) is 2.40. The van der Waals surface area contributed by atoms with Crippen LogP contribution in [0.15, 0.2) is 24.5 Å². The van der Waals surface area contributed by atoms with Gasteiger partial charge in [0.25, 0.3) is 0 Å². The Morgan fingerprint density at radius 2 is 2.35 bits per heavy atom. The smallest absolute Gasteiger partial charge is 0.0312 e. The molecule has 0 aromatic carbocycles. The maximum atomic E-state index is 4.17. The molecule has 1 aromatic rings. The van der Waals surface area contributed by atoms with Gasteiger partial charge >= 0.3 is 0 Å². The van der Waals surface area contributed by atoms with E-state index in [-0.39, 0.29) is 0 Å². The van der Waals surface area contributed by atoms with Crippen LogP contribution in [-0.4, -0.2) is 36.1 Å². The van der Waals surface area contributed by atoms with E-state index in [1.807, 2.05) is 18.5 Å². The highest BCUT2D eigenvalue weighted by atomic mass is 15.1. The zero-order chi connectivity index (χ0) is 12.1. The molecule has 1 aromatic heterocycles. The summed E-state index contributed by atoms with van der Waals surface area (Å²) in [6, 6.07) is 5.58. The molecule has 0 amide bonds. The lowest BCUT2D eigenvalue weighted by atomic mass is 9.90. The van der Waals surface area contributed by atoms with Crippen molar-refractivity contribution in [2.75, 3.05) is 14.1 Å². The Morgan fingerprint density at radius 1 is 1.47 bits per heavy atom. The maximum Gasteiger partial charge on any atom is 0.0312 e. The van der Waals surface area contributed by atoms with Gasteiger partial charge in [-0.05, 0) is 45.0 Å². The lowest BCUT2D eigenvalue weighted by Crippen LogP contribution is -2.41. The fraction of sp³-hybridized carbons (Fsp3) is 0.643. The molecule has 17 heavy (non-hydrogen) atoms. The number of rotatable bonds is 4. The quantitative estimate of drug-likeness (QED) is 0.862. The van der Waals surface area contributed by atoms with E-state index in [0.717, 1.165) is 6.54 Å². The Morgan fingerprint density at radius 3 is 3.06 bits per heavy atom. The number of nitrogens with zero attached hydrogens (tertiary/aromatic N) is 2. The molecule has 2 unspecified atom stereocenters. The van der Waals surface area contributed by atoms with Gasteiger partial charge in [0.2, 0.25) is 0 Å². The lowest BCUT2D eigenvalue weighted by Gasteiger charge is -2.35. The molecule has 0 aliphatic heterocycles. The molecule has 0 radical (unpaired) electrons. The molecule has 0 bridgehead atoms. The number of aromatic nitrogens is 1. The van der Waals surface area contributed by atoms with Crippen LogP contribution in [0.3, 0.4) is 0 Å². The van der Waals surface area contributed by atoms with Gasteiger partial charge in [-0.3, -0.25) is 9.88 Å². The topological polar surface area (TPSA) is 28.2 Å². The summed E-state index contributed by atoms with van der Waals surface area (Å²) in [7, 11) is 4.31. The van der Waals surface area contributed by atoms with Crippen LogP contribution in [0.2, 0.25) is 0 Å². The third-order valence-corrected chi connectivity index (χ3v) is 3.83. The Bertz CT molecular complexity index is 325. The van der Waals surface area contributed by atoms with Crippen LogP contribution in [0, 0.1) is 0 Å². The van der Waals surface area contributed by atoms with Crippen molar-refractivity contribution in [3.8, 4) is 0 Å². The molecule has 3 heteroatoms. The second-order valence-electron chi connectivity index (χ2n) is 5.08. The van der Waals surface area contributed by atoms with Crippen LogP contribution in [0.4, 0.5) is 0 Å². The van der Waals surface area contributed by atoms with Gasteiger partial charge in [-0.15, -0.1) is 0 Å². The largest absolute Gasteiger partial charge is 0.317 e. The Balaban J connectivity index is 1.89. The van der Waals surface area contributed by atoms with Gasteiger partial charge in [0.05, 0.1) is 0 Å². The molecule has 1 N–H and O–H groups in total. The highest BCUT2D eigenvalue weighted by Gasteiger charge is 2.23. The van der Waals surface area contributed by atoms with Gasteiger partial charge < -0.3 is 5.32 Å². The number of hydrogen-bond acceptors (Lipinski definition) is 3. The summed E-state index contributed by atoms with van der Waals surface area (Å²) in [5.41, 5.74) is 1.31. The van der Waals surface area contributed by atoms with Crippen LogP contribution in [0.5, 0.6) is 0 Å². The van der Waals surface area contributed by atoms with Gasteiger partial charge in [-0.25, -0.2) is 0 Å². The minimum atomic E-state index is 0.699. The van der Waals surface area contributed by atoms with E-state index >= 15 is 0 Å². The van der Waals surface area contributed by atoms with E-state index in [0.29, 0.717) is 12.1 Å². The van der Waals surface area contributed by atoms with Crippen LogP contribution in [0.1, 0.15) is 31.2 Å². The molecule has 0 spiro atoms. The molecule has 1 fully saturated rings. The Kier molecular flexibility index (Phi) is 4.51. The summed E-state index contributed by atoms with van der Waals surface area (Å²) in [6.45, 7) is 1.01. The van der Waals surface area contributed by atoms with Crippen molar-refractivity contribution in [3.63, 3.8) is 0 Å². The van der Waals surface area contributed by atoms with Crippen molar-refractivity contribution < 1.29 is 0 Å². The highest BCUT2D eigenvalue weighted by molar-refractivity contribution is 5.08. The Hall–Kier alpha value is -0.930. The number of hydrogen-bond donors (Lipinski definition) is 1. The second-order valence-corrected chi connectivity index (χ2v) is 5.08. The first-order valence-electron chi connectivity index (χ1n) is 6.56. The third kappa shape index (κ3) is 3.51. The van der Waals surface area contributed by atoms with Crippen molar-refractivity contribution in [1.29, 1.82) is 0 Å². The predicted octanol–water partition coefficient (Wildman–Crippen LogP) is 2.04. The second kappa shape index (κ2) is 6.12. The van der Waals surface area contributed by atoms with Gasteiger partial charge in [-0.1, -0.05) is 12.5 Å². The summed E-state index contributed by atoms with van der Waals surface area (Å²) < 4.78 is 0. The normalized spacial score (nSPS) is 25.1. The highest BCUT2D eigenvalue weighted by Crippen LogP contribution is 2.23. The first-order valence-corrected chi connectivity index (χ1v) is 6.56. The molecule has 2 atom stereocenters. The fourth-order valence-electron chi connectivity index (χ4n) is 2.74. The molecule has 2 rings (SSSR count). The molecular weight excluding hydrogens is 210 g/mol. The zero-order valence-electron chi connectivity index (χ0n) is 10.9. The van der Waals surface area contributed by atoms with Crippen molar-refractivity contribution in [2.24, 2.45) is 0 Å². The first kappa shape index (κ1) is 12.5. The van der Waals surface area contributed by atoms with E-state index in [4.69, 9.17) is 0 Å². The minimum Gasteiger partial charge on any atom is -0.317 e. The lowest BCUT2D eigenvalue weighted by molar-refractivity contribution is 0.165. The van der Waals surface area contributed by atoms with E-state index < -0.39 is 0 Å². The van der Waals surface area contributed by atoms with E-state index in [1.165, 1.54) is 31.2 Å². The van der Waals surface area contributed by atoms with Crippen LogP contribution < -0.4 is 5.32 Å². The summed E-state index contributed by atoms with van der Waals surface area (Å²) in [6.07, 6.45) is 9.07. The summed E-state index contributed by atoms with van der Waals surface area (Å²) in [5, 5.41) is 3.41.